The van der Waals surface area contributed by atoms with Crippen LogP contribution in [0.15, 0.2) is 29.2 Å². The van der Waals surface area contributed by atoms with Crippen molar-refractivity contribution in [2.45, 2.75) is 51.5 Å². The van der Waals surface area contributed by atoms with E-state index in [9.17, 15) is 14.7 Å². The molecule has 3 rings (SSSR count). The Morgan fingerprint density at radius 3 is 2.77 bits per heavy atom. The van der Waals surface area contributed by atoms with Gasteiger partial charge in [-0.1, -0.05) is 0 Å². The zero-order valence-electron chi connectivity index (χ0n) is 17.9. The molecule has 1 aliphatic heterocycles. The van der Waals surface area contributed by atoms with Crippen LogP contribution in [-0.4, -0.2) is 70.1 Å². The molecule has 1 aromatic carbocycles. The van der Waals surface area contributed by atoms with Crippen LogP contribution in [0.3, 0.4) is 0 Å². The highest BCUT2D eigenvalue weighted by Crippen LogP contribution is 2.19. The minimum Gasteiger partial charge on any atom is -0.497 e. The van der Waals surface area contributed by atoms with E-state index in [4.69, 9.17) is 9.47 Å². The minimum absolute atomic E-state index is 0.187. The molecule has 2 aromatic rings. The summed E-state index contributed by atoms with van der Waals surface area (Å²) < 4.78 is 12.3. The SMILES string of the molecule is COc1ccc2ncc(=O)n(CCN3CC[C@H](OC(=O)NC(C)(C)C)[C@@H](O)C3)c2c1. The third-order valence-electron chi connectivity index (χ3n) is 5.03. The van der Waals surface area contributed by atoms with Crippen molar-refractivity contribution < 1.29 is 19.4 Å². The second kappa shape index (κ2) is 9.01. The van der Waals surface area contributed by atoms with E-state index in [2.05, 4.69) is 15.2 Å². The number of carbonyl (C=O) groups is 1. The number of β-amino-alcohol motifs (C(OH)–C–C–N with tert-alkyl or cyclic N) is 1. The fraction of sp³-hybridized carbons (Fsp3) is 0.571. The van der Waals surface area contributed by atoms with Gasteiger partial charge in [-0.25, -0.2) is 9.78 Å². The number of amides is 1. The standard InChI is InChI=1S/C21H30N4O5/c1-21(2,3)23-20(28)30-18-7-8-24(13-17(18)26)9-10-25-16-11-14(29-4)5-6-15(16)22-12-19(25)27/h5-6,11-12,17-18,26H,7-10,13H2,1-4H3,(H,23,28)/t17-,18-/m0/s1. The van der Waals surface area contributed by atoms with Gasteiger partial charge in [0, 0.05) is 37.8 Å². The highest BCUT2D eigenvalue weighted by atomic mass is 16.6. The van der Waals surface area contributed by atoms with E-state index in [1.54, 1.807) is 23.8 Å². The Bertz CT molecular complexity index is 953. The summed E-state index contributed by atoms with van der Waals surface area (Å²) in [6.07, 6.45) is -0.00704. The largest absolute Gasteiger partial charge is 0.497 e. The molecule has 1 aromatic heterocycles. The number of nitrogens with one attached hydrogen (secondary N) is 1. The van der Waals surface area contributed by atoms with Crippen LogP contribution in [0.2, 0.25) is 0 Å². The summed E-state index contributed by atoms with van der Waals surface area (Å²) in [5.41, 5.74) is 0.840. The number of hydrogen-bond donors (Lipinski definition) is 2. The van der Waals surface area contributed by atoms with Gasteiger partial charge in [0.2, 0.25) is 0 Å². The van der Waals surface area contributed by atoms with Gasteiger partial charge in [0.15, 0.2) is 0 Å². The van der Waals surface area contributed by atoms with Gasteiger partial charge in [0.25, 0.3) is 5.56 Å². The van der Waals surface area contributed by atoms with Crippen molar-refractivity contribution in [1.29, 1.82) is 0 Å². The van der Waals surface area contributed by atoms with Crippen LogP contribution in [0.1, 0.15) is 27.2 Å². The molecule has 0 unspecified atom stereocenters. The molecule has 0 bridgehead atoms. The summed E-state index contributed by atoms with van der Waals surface area (Å²) in [5, 5.41) is 13.2. The maximum Gasteiger partial charge on any atom is 0.407 e. The third kappa shape index (κ3) is 5.48. The summed E-state index contributed by atoms with van der Waals surface area (Å²) in [6.45, 7) is 7.66. The van der Waals surface area contributed by atoms with Crippen molar-refractivity contribution in [3.8, 4) is 5.75 Å². The predicted molar refractivity (Wildman–Crippen MR) is 113 cm³/mol. The summed E-state index contributed by atoms with van der Waals surface area (Å²) >= 11 is 0. The number of aromatic nitrogens is 2. The van der Waals surface area contributed by atoms with Crippen LogP contribution in [0.4, 0.5) is 4.79 Å². The van der Waals surface area contributed by atoms with Crippen LogP contribution in [0.5, 0.6) is 5.75 Å². The molecule has 2 atom stereocenters. The van der Waals surface area contributed by atoms with Gasteiger partial charge in [-0.05, 0) is 39.3 Å². The molecular formula is C21H30N4O5. The number of carbonyl (C=O) groups excluding carboxylic acids is 1. The number of nitrogens with zero attached hydrogens (tertiary/aromatic N) is 3. The van der Waals surface area contributed by atoms with E-state index < -0.39 is 23.8 Å². The van der Waals surface area contributed by atoms with Crippen molar-refractivity contribution in [2.75, 3.05) is 26.7 Å². The minimum atomic E-state index is -0.782. The topological polar surface area (TPSA) is 106 Å². The van der Waals surface area contributed by atoms with Crippen molar-refractivity contribution in [3.05, 3.63) is 34.7 Å². The number of piperidine rings is 1. The Morgan fingerprint density at radius 1 is 1.33 bits per heavy atom. The van der Waals surface area contributed by atoms with Crippen LogP contribution < -0.4 is 15.6 Å². The van der Waals surface area contributed by atoms with E-state index in [1.165, 1.54) is 6.20 Å². The molecule has 164 valence electrons. The molecular weight excluding hydrogens is 388 g/mol. The molecule has 2 heterocycles. The number of rotatable bonds is 5. The highest BCUT2D eigenvalue weighted by molar-refractivity contribution is 5.76. The normalized spacial score (nSPS) is 20.2. The number of aliphatic hydroxyl groups is 1. The quantitative estimate of drug-likeness (QED) is 0.755. The molecule has 0 saturated carbocycles. The number of likely N-dealkylation sites (tertiary alicyclic amines) is 1. The number of benzene rings is 1. The lowest BCUT2D eigenvalue weighted by Crippen LogP contribution is -2.51. The van der Waals surface area contributed by atoms with Crippen LogP contribution in [0, 0.1) is 0 Å². The van der Waals surface area contributed by atoms with Gasteiger partial charge in [0.1, 0.15) is 18.0 Å². The van der Waals surface area contributed by atoms with Crippen LogP contribution >= 0.6 is 0 Å². The van der Waals surface area contributed by atoms with Crippen molar-refractivity contribution in [1.82, 2.24) is 19.8 Å². The molecule has 1 aliphatic rings. The number of alkyl carbamates (subject to hydrolysis) is 1. The Labute approximate surface area is 175 Å². The molecule has 9 heteroatoms. The van der Waals surface area contributed by atoms with Crippen LogP contribution in [-0.2, 0) is 11.3 Å². The molecule has 1 fully saturated rings. The fourth-order valence-corrected chi connectivity index (χ4v) is 3.53. The number of fused-ring (bicyclic) bond motifs is 1. The lowest BCUT2D eigenvalue weighted by molar-refractivity contribution is -0.0479. The summed E-state index contributed by atoms with van der Waals surface area (Å²) in [4.78, 5) is 30.6. The Morgan fingerprint density at radius 2 is 2.10 bits per heavy atom. The molecule has 0 radical (unpaired) electrons. The zero-order chi connectivity index (χ0) is 21.9. The van der Waals surface area contributed by atoms with Gasteiger partial charge in [-0.15, -0.1) is 0 Å². The second-order valence-electron chi connectivity index (χ2n) is 8.58. The van der Waals surface area contributed by atoms with E-state index in [-0.39, 0.29) is 5.56 Å². The Hall–Kier alpha value is -2.65. The first-order valence-electron chi connectivity index (χ1n) is 10.1. The summed E-state index contributed by atoms with van der Waals surface area (Å²) in [5.74, 6) is 0.658. The lowest BCUT2D eigenvalue weighted by Gasteiger charge is -2.36. The number of ether oxygens (including phenoxy) is 2. The summed E-state index contributed by atoms with van der Waals surface area (Å²) in [6, 6.07) is 5.42. The van der Waals surface area contributed by atoms with Gasteiger partial charge in [0.05, 0.1) is 24.3 Å². The average Bonchev–Trinajstić information content (AvgIpc) is 2.67. The smallest absolute Gasteiger partial charge is 0.407 e. The molecule has 0 spiro atoms. The van der Waals surface area contributed by atoms with Gasteiger partial charge in [-0.3, -0.25) is 9.69 Å². The number of hydrogen-bond acceptors (Lipinski definition) is 7. The third-order valence-corrected chi connectivity index (χ3v) is 5.03. The van der Waals surface area contributed by atoms with Gasteiger partial charge < -0.3 is 24.5 Å². The maximum absolute atomic E-state index is 12.4. The second-order valence-corrected chi connectivity index (χ2v) is 8.58. The molecule has 1 amide bonds. The Balaban J connectivity index is 1.61. The van der Waals surface area contributed by atoms with Crippen molar-refractivity contribution in [2.24, 2.45) is 0 Å². The zero-order valence-corrected chi connectivity index (χ0v) is 17.9. The maximum atomic E-state index is 12.4. The monoisotopic (exact) mass is 418 g/mol. The number of aliphatic hydroxyl groups excluding tert-OH is 1. The molecule has 30 heavy (non-hydrogen) atoms. The van der Waals surface area contributed by atoms with Crippen LogP contribution in [0.25, 0.3) is 11.0 Å². The van der Waals surface area contributed by atoms with E-state index >= 15 is 0 Å². The highest BCUT2D eigenvalue weighted by Gasteiger charge is 2.31. The summed E-state index contributed by atoms with van der Waals surface area (Å²) in [7, 11) is 1.58. The van der Waals surface area contributed by atoms with Gasteiger partial charge >= 0.3 is 6.09 Å². The lowest BCUT2D eigenvalue weighted by atomic mass is 10.0. The van der Waals surface area contributed by atoms with E-state index in [0.717, 1.165) is 0 Å². The molecule has 9 nitrogen and oxygen atoms in total. The average molecular weight is 418 g/mol. The predicted octanol–water partition coefficient (Wildman–Crippen LogP) is 1.36. The Kier molecular flexibility index (Phi) is 6.62. The van der Waals surface area contributed by atoms with Crippen molar-refractivity contribution in [3.63, 3.8) is 0 Å². The fourth-order valence-electron chi connectivity index (χ4n) is 3.53. The van der Waals surface area contributed by atoms with E-state index in [0.29, 0.717) is 49.4 Å². The van der Waals surface area contributed by atoms with Crippen molar-refractivity contribution >= 4 is 17.1 Å². The number of methoxy groups -OCH3 is 1. The van der Waals surface area contributed by atoms with Gasteiger partial charge in [-0.2, -0.15) is 0 Å². The first-order valence-corrected chi connectivity index (χ1v) is 10.1. The molecule has 0 aliphatic carbocycles. The van der Waals surface area contributed by atoms with E-state index in [1.807, 2.05) is 26.8 Å². The first-order chi connectivity index (χ1) is 14.2. The molecule has 2 N–H and O–H groups in total. The first kappa shape index (κ1) is 22.0. The molecule has 1 saturated heterocycles.